The van der Waals surface area contributed by atoms with Gasteiger partial charge in [-0.1, -0.05) is 132 Å². The van der Waals surface area contributed by atoms with Gasteiger partial charge in [-0.25, -0.2) is 0 Å². The van der Waals surface area contributed by atoms with Gasteiger partial charge in [0.15, 0.2) is 5.78 Å². The molecule has 1 saturated heterocycles. The summed E-state index contributed by atoms with van der Waals surface area (Å²) in [5.41, 5.74) is 10.7. The van der Waals surface area contributed by atoms with E-state index < -0.39 is 11.9 Å². The van der Waals surface area contributed by atoms with Gasteiger partial charge in [-0.05, 0) is 82.8 Å². The van der Waals surface area contributed by atoms with Crippen LogP contribution in [0.25, 0.3) is 35.2 Å². The first kappa shape index (κ1) is 48.4. The Morgan fingerprint density at radius 1 is 0.917 bits per heavy atom. The molecule has 0 radical (unpaired) electrons. The SMILES string of the molecule is C.C=Cc1c2[n-]c(c1C)/C=C1\[N-]/C(=C3\c4[n-]c(c(C)c4C(=O)[C@@H]3C(=O)OC)/C=c3\[n-]/c(c(C)c3CC)=C\2)[C@@H](CCC(=O)OC/C=C(\C)CCC[C@H](C)CCCCC)[C@@H]1C.[Mg+2]. The number of Topliss-reactive ketones (excluding diaryl/α,β-unsaturated/α-hetero) is 1. The number of rotatable bonds is 16. The van der Waals surface area contributed by atoms with Crippen molar-refractivity contribution >= 4 is 70.7 Å². The number of hydrogen-bond acceptors (Lipinski definition) is 5. The molecule has 0 amide bonds. The molecule has 8 bridgehead atoms. The first-order valence-corrected chi connectivity index (χ1v) is 21.3. The van der Waals surface area contributed by atoms with Crippen LogP contribution in [0.3, 0.4) is 0 Å². The second kappa shape index (κ2) is 21.0. The smallest absolute Gasteiger partial charge is 0.664 e. The molecular weight excluding hydrogens is 761 g/mol. The first-order valence-electron chi connectivity index (χ1n) is 21.3. The quantitative estimate of drug-likeness (QED) is 0.0461. The molecule has 3 aromatic heterocycles. The molecule has 3 aliphatic rings. The van der Waals surface area contributed by atoms with E-state index in [4.69, 9.17) is 29.7 Å². The van der Waals surface area contributed by atoms with E-state index in [1.165, 1.54) is 44.8 Å². The van der Waals surface area contributed by atoms with Gasteiger partial charge in [0.2, 0.25) is 0 Å². The van der Waals surface area contributed by atoms with Crippen molar-refractivity contribution in [2.45, 2.75) is 127 Å². The van der Waals surface area contributed by atoms with E-state index in [0.717, 1.165) is 75.2 Å². The molecule has 0 N–H and O–H groups in total. The monoisotopic (exact) mass is 824 g/mol. The van der Waals surface area contributed by atoms with E-state index in [-0.39, 0.29) is 67.1 Å². The molecule has 6 rings (SSSR count). The van der Waals surface area contributed by atoms with Crippen molar-refractivity contribution in [2.24, 2.45) is 23.7 Å². The predicted molar refractivity (Wildman–Crippen MR) is 244 cm³/mol. The summed E-state index contributed by atoms with van der Waals surface area (Å²) in [6, 6.07) is 0. The van der Waals surface area contributed by atoms with Crippen LogP contribution < -0.4 is 25.7 Å². The summed E-state index contributed by atoms with van der Waals surface area (Å²) < 4.78 is 11.0. The maximum Gasteiger partial charge on any atom is 2.00 e. The molecule has 0 spiro atoms. The van der Waals surface area contributed by atoms with Crippen molar-refractivity contribution in [3.05, 3.63) is 102 Å². The zero-order valence-corrected chi connectivity index (χ0v) is 38.1. The van der Waals surface area contributed by atoms with Crippen LogP contribution in [0.4, 0.5) is 0 Å². The number of carbonyl (C=O) groups excluding carboxylic acids is 3. The fraction of sp³-hybridized carbons (Fsp3) is 0.500. The second-order valence-corrected chi connectivity index (χ2v) is 16.6. The average Bonchev–Trinajstić information content (AvgIpc) is 3.94. The normalized spacial score (nSPS) is 21.6. The number of unbranched alkanes of at least 4 members (excludes halogenated alkanes) is 2. The van der Waals surface area contributed by atoms with Gasteiger partial charge in [0.05, 0.1) is 7.11 Å². The van der Waals surface area contributed by atoms with Crippen LogP contribution in [0.5, 0.6) is 0 Å². The van der Waals surface area contributed by atoms with Crippen molar-refractivity contribution in [1.82, 2.24) is 15.0 Å². The van der Waals surface area contributed by atoms with Crippen LogP contribution in [-0.2, 0) is 25.5 Å². The Morgan fingerprint density at radius 2 is 1.62 bits per heavy atom. The molecule has 0 saturated carbocycles. The molecule has 9 nitrogen and oxygen atoms in total. The summed E-state index contributed by atoms with van der Waals surface area (Å²) in [5.74, 6) is -2.30. The van der Waals surface area contributed by atoms with Gasteiger partial charge in [-0.3, -0.25) is 14.4 Å². The summed E-state index contributed by atoms with van der Waals surface area (Å²) >= 11 is 0. The largest absolute Gasteiger partial charge is 2.00 e. The summed E-state index contributed by atoms with van der Waals surface area (Å²) in [4.78, 5) is 56.3. The van der Waals surface area contributed by atoms with E-state index in [0.29, 0.717) is 40.2 Å². The van der Waals surface area contributed by atoms with Crippen molar-refractivity contribution in [1.29, 1.82) is 0 Å². The van der Waals surface area contributed by atoms with Gasteiger partial charge in [0, 0.05) is 12.0 Å². The first-order chi connectivity index (χ1) is 27.8. The molecule has 0 aromatic carbocycles. The van der Waals surface area contributed by atoms with Crippen molar-refractivity contribution in [2.75, 3.05) is 13.7 Å². The van der Waals surface area contributed by atoms with Gasteiger partial charge in [-0.2, -0.15) is 11.4 Å². The Hall–Kier alpha value is -4.28. The third-order valence-corrected chi connectivity index (χ3v) is 12.6. The molecule has 1 aliphatic carbocycles. The number of fused-ring (bicyclic) bond motifs is 7. The molecule has 5 heterocycles. The maximum atomic E-state index is 14.3. The van der Waals surface area contributed by atoms with Crippen LogP contribution in [0.1, 0.15) is 161 Å². The average molecular weight is 825 g/mol. The molecule has 3 aromatic rings. The van der Waals surface area contributed by atoms with Crippen molar-refractivity contribution < 1.29 is 23.9 Å². The van der Waals surface area contributed by atoms with E-state index in [9.17, 15) is 14.4 Å². The number of esters is 2. The Labute approximate surface area is 373 Å². The standard InChI is InChI=1S/C49H61N4O5.CH4.Mg/c1-11-14-15-17-27(4)18-16-19-28(5)22-23-58-42(54)21-20-35-31(8)38-24-36-29(6)33(12-2)40(50-36)25-37-30(7)34(13-3)41(51-37)26-39-32(9)43-47(53-39)44(46(35)52-38)45(48(43)55)49(56)57-10;;/h12,22,24-27,31,35,45H,2,11,13-21,23H2,1,3-10H3,(H-,52,53,55);1H4;/q-3;;+2/p-1/b28-22+,37-25-,38-24-,41-26-;;/t27-,31+,35+,45-;;/m1../s1. The molecular formula is C50H64MgN4O5-2. The molecule has 60 heavy (non-hydrogen) atoms. The van der Waals surface area contributed by atoms with Gasteiger partial charge < -0.3 is 29.7 Å². The van der Waals surface area contributed by atoms with Gasteiger partial charge in [0.1, 0.15) is 12.5 Å². The zero-order chi connectivity index (χ0) is 41.8. The molecule has 2 aliphatic heterocycles. The number of methoxy groups -OCH3 is 1. The van der Waals surface area contributed by atoms with Gasteiger partial charge in [0.25, 0.3) is 0 Å². The Kier molecular flexibility index (Phi) is 16.9. The van der Waals surface area contributed by atoms with Crippen molar-refractivity contribution in [3.63, 3.8) is 0 Å². The number of aromatic nitrogens is 3. The summed E-state index contributed by atoms with van der Waals surface area (Å²) in [6.45, 7) is 21.1. The van der Waals surface area contributed by atoms with E-state index in [1.54, 1.807) is 0 Å². The summed E-state index contributed by atoms with van der Waals surface area (Å²) in [6.07, 6.45) is 19.5. The molecule has 4 atom stereocenters. The topological polar surface area (TPSA) is 126 Å². The minimum atomic E-state index is -1.22. The molecule has 0 unspecified atom stereocenters. The Morgan fingerprint density at radius 3 is 2.30 bits per heavy atom. The van der Waals surface area contributed by atoms with E-state index in [1.807, 2.05) is 44.2 Å². The van der Waals surface area contributed by atoms with Crippen LogP contribution >= 0.6 is 0 Å². The number of ketones is 1. The minimum absolute atomic E-state index is 0. The number of hydrogen-bond donors (Lipinski definition) is 0. The van der Waals surface area contributed by atoms with Crippen molar-refractivity contribution in [3.8, 4) is 0 Å². The minimum Gasteiger partial charge on any atom is -0.664 e. The van der Waals surface area contributed by atoms with Gasteiger partial charge in [-0.15, -0.1) is 33.5 Å². The zero-order valence-electron chi connectivity index (χ0n) is 36.7. The number of allylic oxidation sites excluding steroid dienone is 3. The van der Waals surface area contributed by atoms with Crippen LogP contribution in [0.15, 0.2) is 29.6 Å². The molecule has 1 fully saturated rings. The molecule has 10 heteroatoms. The van der Waals surface area contributed by atoms with Crippen LogP contribution in [0, 0.1) is 44.4 Å². The van der Waals surface area contributed by atoms with Crippen LogP contribution in [-0.4, -0.2) is 54.5 Å². The Balaban J connectivity index is 0.00000397. The van der Waals surface area contributed by atoms with Crippen LogP contribution in [0.2, 0.25) is 0 Å². The molecule has 318 valence electrons. The summed E-state index contributed by atoms with van der Waals surface area (Å²) in [5, 5.41) is 6.81. The third-order valence-electron chi connectivity index (χ3n) is 12.6. The number of ether oxygens (including phenoxy) is 2. The Bertz CT molecular complexity index is 2310. The third kappa shape index (κ3) is 9.75. The second-order valence-electron chi connectivity index (χ2n) is 16.6. The number of carbonyl (C=O) groups is 3. The predicted octanol–water partition coefficient (Wildman–Crippen LogP) is 8.95. The van der Waals surface area contributed by atoms with E-state index >= 15 is 0 Å². The maximum absolute atomic E-state index is 14.3. The fourth-order valence-corrected chi connectivity index (χ4v) is 8.99. The van der Waals surface area contributed by atoms with Gasteiger partial charge >= 0.3 is 35.0 Å². The van der Waals surface area contributed by atoms with E-state index in [2.05, 4.69) is 48.1 Å². The number of nitrogens with zero attached hydrogens (tertiary/aromatic N) is 4. The fourth-order valence-electron chi connectivity index (χ4n) is 8.99. The summed E-state index contributed by atoms with van der Waals surface area (Å²) in [7, 11) is 1.29.